The van der Waals surface area contributed by atoms with Crippen LogP contribution in [0.25, 0.3) is 0 Å². The molecule has 2 heterocycles. The van der Waals surface area contributed by atoms with Crippen LogP contribution in [0.2, 0.25) is 0 Å². The zero-order chi connectivity index (χ0) is 26.2. The number of aromatic nitrogens is 2. The Labute approximate surface area is 213 Å². The molecule has 36 heavy (non-hydrogen) atoms. The quantitative estimate of drug-likeness (QED) is 0.188. The molecule has 12 nitrogen and oxygen atoms in total. The highest BCUT2D eigenvalue weighted by molar-refractivity contribution is 7.80. The number of aromatic hydroxyl groups is 1. The zero-order valence-corrected chi connectivity index (χ0v) is 20.4. The van der Waals surface area contributed by atoms with Crippen LogP contribution in [0, 0.1) is 0 Å². The minimum Gasteiger partial charge on any atom is -0.508 e. The highest BCUT2D eigenvalue weighted by atomic mass is 32.1. The van der Waals surface area contributed by atoms with Gasteiger partial charge in [-0.05, 0) is 30.5 Å². The summed E-state index contributed by atoms with van der Waals surface area (Å²) in [5.41, 5.74) is 7.36. The number of nitrogens with two attached hydrogens (primary N) is 1. The summed E-state index contributed by atoms with van der Waals surface area (Å²) in [5, 5.41) is 24.0. The standard InChI is InChI=1S/C23H30N6O6S/c24-16(9-14-10-25-12-26-14)22(33)29-7-1-2-19(29)21(32)28-18(11-36)20(31)27-17(23(34)35)8-13-3-5-15(30)6-4-13/h3-6,10,12,16-19,30,36H,1-2,7-9,11,24H2,(H,25,26)(H,27,31)(H,28,32)(H,34,35). The molecule has 1 aromatic carbocycles. The van der Waals surface area contributed by atoms with Crippen molar-refractivity contribution in [3.63, 3.8) is 0 Å². The molecular formula is C23H30N6O6S. The number of amides is 3. The van der Waals surface area contributed by atoms with E-state index in [2.05, 4.69) is 33.2 Å². The van der Waals surface area contributed by atoms with E-state index in [1.165, 1.54) is 23.4 Å². The number of likely N-dealkylation sites (tertiary alicyclic amines) is 1. The highest BCUT2D eigenvalue weighted by Gasteiger charge is 2.37. The lowest BCUT2D eigenvalue weighted by Gasteiger charge is -2.28. The fourth-order valence-electron chi connectivity index (χ4n) is 4.04. The van der Waals surface area contributed by atoms with Crippen molar-refractivity contribution in [2.24, 2.45) is 5.73 Å². The van der Waals surface area contributed by atoms with E-state index in [-0.39, 0.29) is 30.3 Å². The van der Waals surface area contributed by atoms with Crippen LogP contribution in [0.15, 0.2) is 36.8 Å². The zero-order valence-electron chi connectivity index (χ0n) is 19.5. The van der Waals surface area contributed by atoms with Gasteiger partial charge >= 0.3 is 5.97 Å². The van der Waals surface area contributed by atoms with E-state index in [4.69, 9.17) is 5.73 Å². The number of carboxylic acid groups (broad SMARTS) is 1. The van der Waals surface area contributed by atoms with Crippen molar-refractivity contribution >= 4 is 36.3 Å². The number of phenols is 1. The molecule has 0 saturated carbocycles. The average molecular weight is 519 g/mol. The lowest BCUT2D eigenvalue weighted by Crippen LogP contribution is -2.57. The van der Waals surface area contributed by atoms with Gasteiger partial charge in [-0.2, -0.15) is 12.6 Å². The number of benzene rings is 1. The number of carbonyl (C=O) groups excluding carboxylic acids is 3. The molecular weight excluding hydrogens is 488 g/mol. The van der Waals surface area contributed by atoms with Gasteiger partial charge in [0.25, 0.3) is 0 Å². The molecule has 0 radical (unpaired) electrons. The Morgan fingerprint density at radius 1 is 1.17 bits per heavy atom. The van der Waals surface area contributed by atoms with Gasteiger partial charge in [0.15, 0.2) is 0 Å². The maximum atomic E-state index is 13.0. The van der Waals surface area contributed by atoms with Crippen molar-refractivity contribution in [2.75, 3.05) is 12.3 Å². The third kappa shape index (κ3) is 6.98. The van der Waals surface area contributed by atoms with Crippen LogP contribution >= 0.6 is 12.6 Å². The van der Waals surface area contributed by atoms with Crippen LogP contribution in [0.3, 0.4) is 0 Å². The minimum absolute atomic E-state index is 0.0201. The number of hydrogen-bond acceptors (Lipinski definition) is 8. The molecule has 1 aliphatic rings. The number of nitrogens with one attached hydrogen (secondary N) is 3. The first-order chi connectivity index (χ1) is 17.2. The summed E-state index contributed by atoms with van der Waals surface area (Å²) < 4.78 is 0. The summed E-state index contributed by atoms with van der Waals surface area (Å²) in [4.78, 5) is 58.6. The summed E-state index contributed by atoms with van der Waals surface area (Å²) >= 11 is 4.14. The van der Waals surface area contributed by atoms with Gasteiger partial charge in [0.05, 0.1) is 12.4 Å². The normalized spacial score (nSPS) is 17.7. The van der Waals surface area contributed by atoms with Crippen molar-refractivity contribution in [2.45, 2.75) is 49.9 Å². The first kappa shape index (κ1) is 27.0. The topological polar surface area (TPSA) is 191 Å². The van der Waals surface area contributed by atoms with Gasteiger partial charge in [0, 0.05) is 37.0 Å². The predicted molar refractivity (Wildman–Crippen MR) is 132 cm³/mol. The number of aromatic amines is 1. The molecule has 0 aliphatic carbocycles. The van der Waals surface area contributed by atoms with Crippen LogP contribution < -0.4 is 16.4 Å². The second-order valence-corrected chi connectivity index (χ2v) is 8.96. The Kier molecular flexibility index (Phi) is 9.31. The Bertz CT molecular complexity index is 1060. The lowest BCUT2D eigenvalue weighted by molar-refractivity contribution is -0.142. The SMILES string of the molecule is NC(Cc1cnc[nH]1)C(=O)N1CCCC1C(=O)NC(CS)C(=O)NC(Cc1ccc(O)cc1)C(=O)O. The predicted octanol–water partition coefficient (Wildman–Crippen LogP) is -0.797. The molecule has 1 saturated heterocycles. The van der Waals surface area contributed by atoms with Crippen LogP contribution in [0.4, 0.5) is 0 Å². The number of aliphatic carboxylic acids is 1. The number of thiol groups is 1. The van der Waals surface area contributed by atoms with E-state index in [1.54, 1.807) is 18.3 Å². The molecule has 2 aromatic rings. The summed E-state index contributed by atoms with van der Waals surface area (Å²) in [6.07, 6.45) is 4.29. The van der Waals surface area contributed by atoms with E-state index in [0.29, 0.717) is 30.6 Å². The maximum absolute atomic E-state index is 13.0. The van der Waals surface area contributed by atoms with Crippen molar-refractivity contribution < 1.29 is 29.4 Å². The van der Waals surface area contributed by atoms with Crippen LogP contribution in [0.5, 0.6) is 5.75 Å². The molecule has 1 aliphatic heterocycles. The number of hydrogen-bond donors (Lipinski definition) is 7. The van der Waals surface area contributed by atoms with Gasteiger partial charge in [0.2, 0.25) is 17.7 Å². The molecule has 7 N–H and O–H groups in total. The number of H-pyrrole nitrogens is 1. The monoisotopic (exact) mass is 518 g/mol. The summed E-state index contributed by atoms with van der Waals surface area (Å²) in [6.45, 7) is 0.360. The average Bonchev–Trinajstić information content (AvgIpc) is 3.55. The van der Waals surface area contributed by atoms with E-state index < -0.39 is 42.0 Å². The van der Waals surface area contributed by atoms with Gasteiger partial charge in [-0.15, -0.1) is 0 Å². The Morgan fingerprint density at radius 3 is 2.50 bits per heavy atom. The van der Waals surface area contributed by atoms with Crippen molar-refractivity contribution in [1.82, 2.24) is 25.5 Å². The highest BCUT2D eigenvalue weighted by Crippen LogP contribution is 2.19. The van der Waals surface area contributed by atoms with Gasteiger partial charge in [-0.25, -0.2) is 9.78 Å². The maximum Gasteiger partial charge on any atom is 0.326 e. The number of rotatable bonds is 11. The molecule has 0 spiro atoms. The van der Waals surface area contributed by atoms with Crippen LogP contribution in [-0.2, 0) is 32.0 Å². The van der Waals surface area contributed by atoms with Gasteiger partial charge < -0.3 is 36.5 Å². The van der Waals surface area contributed by atoms with E-state index >= 15 is 0 Å². The molecule has 4 unspecified atom stereocenters. The number of carbonyl (C=O) groups is 4. The van der Waals surface area contributed by atoms with Crippen LogP contribution in [0.1, 0.15) is 24.1 Å². The fraction of sp³-hybridized carbons (Fsp3) is 0.435. The molecule has 3 amide bonds. The smallest absolute Gasteiger partial charge is 0.326 e. The second-order valence-electron chi connectivity index (χ2n) is 8.59. The summed E-state index contributed by atoms with van der Waals surface area (Å²) in [6, 6.07) is 1.91. The molecule has 194 valence electrons. The van der Waals surface area contributed by atoms with E-state index in [1.807, 2.05) is 0 Å². The van der Waals surface area contributed by atoms with Gasteiger partial charge in [-0.1, -0.05) is 12.1 Å². The molecule has 13 heteroatoms. The second kappa shape index (κ2) is 12.4. The largest absolute Gasteiger partial charge is 0.508 e. The third-order valence-electron chi connectivity index (χ3n) is 5.96. The molecule has 3 rings (SSSR count). The lowest BCUT2D eigenvalue weighted by atomic mass is 10.1. The minimum atomic E-state index is -1.26. The van der Waals surface area contributed by atoms with E-state index in [0.717, 1.165) is 0 Å². The third-order valence-corrected chi connectivity index (χ3v) is 6.32. The van der Waals surface area contributed by atoms with E-state index in [9.17, 15) is 29.4 Å². The van der Waals surface area contributed by atoms with Gasteiger partial charge in [-0.3, -0.25) is 14.4 Å². The first-order valence-corrected chi connectivity index (χ1v) is 12.1. The Hall–Kier alpha value is -3.58. The number of nitrogens with zero attached hydrogens (tertiary/aromatic N) is 2. The summed E-state index contributed by atoms with van der Waals surface area (Å²) in [5.74, 6) is -2.92. The fourth-order valence-corrected chi connectivity index (χ4v) is 4.30. The Morgan fingerprint density at radius 2 is 1.89 bits per heavy atom. The molecule has 0 bridgehead atoms. The molecule has 1 aromatic heterocycles. The Balaban J connectivity index is 1.60. The van der Waals surface area contributed by atoms with Crippen molar-refractivity contribution in [1.29, 1.82) is 0 Å². The first-order valence-electron chi connectivity index (χ1n) is 11.4. The molecule has 1 fully saturated rings. The number of imidazole rings is 1. The van der Waals surface area contributed by atoms with Crippen molar-refractivity contribution in [3.8, 4) is 5.75 Å². The van der Waals surface area contributed by atoms with Crippen LogP contribution in [-0.4, -0.2) is 85.2 Å². The van der Waals surface area contributed by atoms with Crippen molar-refractivity contribution in [3.05, 3.63) is 48.0 Å². The number of carboxylic acids is 1. The number of phenolic OH excluding ortho intramolecular Hbond substituents is 1. The summed E-state index contributed by atoms with van der Waals surface area (Å²) in [7, 11) is 0. The molecule has 4 atom stereocenters. The van der Waals surface area contributed by atoms with Gasteiger partial charge in [0.1, 0.15) is 23.9 Å².